The van der Waals surface area contributed by atoms with Crippen molar-refractivity contribution in [2.75, 3.05) is 0 Å². The molecule has 1 unspecified atom stereocenters. The lowest BCUT2D eigenvalue weighted by atomic mass is 10.1. The van der Waals surface area contributed by atoms with Crippen molar-refractivity contribution in [3.8, 4) is 6.07 Å². The number of halogens is 1. The second kappa shape index (κ2) is 6.11. The van der Waals surface area contributed by atoms with Crippen molar-refractivity contribution in [2.45, 2.75) is 33.4 Å². The zero-order valence-electron chi connectivity index (χ0n) is 12.9. The lowest BCUT2D eigenvalue weighted by Gasteiger charge is -2.15. The minimum Gasteiger partial charge on any atom is -0.340 e. The second-order valence-electron chi connectivity index (χ2n) is 5.42. The van der Waals surface area contributed by atoms with Gasteiger partial charge in [-0.05, 0) is 49.6 Å². The molecule has 1 heterocycles. The molecule has 1 aromatic heterocycles. The molecule has 0 radical (unpaired) electrons. The normalized spacial score (nSPS) is 12.2. The molecule has 2 rings (SSSR count). The van der Waals surface area contributed by atoms with E-state index in [1.54, 1.807) is 19.1 Å². The maximum absolute atomic E-state index is 13.6. The Balaban J connectivity index is 2.09. The third kappa shape index (κ3) is 3.14. The van der Waals surface area contributed by atoms with Gasteiger partial charge in [-0.25, -0.2) is 4.39 Å². The van der Waals surface area contributed by atoms with E-state index >= 15 is 0 Å². The van der Waals surface area contributed by atoms with E-state index in [4.69, 9.17) is 5.26 Å². The number of nitrogens with zero attached hydrogens (tertiary/aromatic N) is 2. The van der Waals surface area contributed by atoms with Crippen LogP contribution in [0.1, 0.15) is 41.0 Å². The predicted molar refractivity (Wildman–Crippen MR) is 81.3 cm³/mol. The topological polar surface area (TPSA) is 40.8 Å². The Morgan fingerprint density at radius 1 is 1.33 bits per heavy atom. The first-order valence-electron chi connectivity index (χ1n) is 6.98. The molecule has 0 aliphatic heterocycles. The zero-order valence-corrected chi connectivity index (χ0v) is 12.9. The Labute approximate surface area is 125 Å². The average Bonchev–Trinajstić information content (AvgIpc) is 2.75. The van der Waals surface area contributed by atoms with E-state index in [2.05, 4.69) is 11.4 Å². The smallest absolute Gasteiger partial charge is 0.126 e. The number of nitrogens with one attached hydrogen (secondary N) is 1. The summed E-state index contributed by atoms with van der Waals surface area (Å²) in [7, 11) is 1.89. The number of hydrogen-bond acceptors (Lipinski definition) is 2. The Morgan fingerprint density at radius 2 is 2.05 bits per heavy atom. The Morgan fingerprint density at radius 3 is 2.62 bits per heavy atom. The molecule has 21 heavy (non-hydrogen) atoms. The van der Waals surface area contributed by atoms with Gasteiger partial charge in [-0.15, -0.1) is 0 Å². The molecule has 3 nitrogen and oxygen atoms in total. The molecule has 4 heteroatoms. The summed E-state index contributed by atoms with van der Waals surface area (Å²) in [5, 5.41) is 12.4. The number of nitriles is 1. The molecule has 0 aliphatic carbocycles. The molecule has 0 aliphatic rings. The summed E-state index contributed by atoms with van der Waals surface area (Å²) in [6.45, 7) is 6.41. The number of rotatable bonds is 4. The van der Waals surface area contributed by atoms with Crippen molar-refractivity contribution in [1.82, 2.24) is 9.88 Å². The van der Waals surface area contributed by atoms with E-state index in [0.29, 0.717) is 17.8 Å². The van der Waals surface area contributed by atoms with Gasteiger partial charge in [0.1, 0.15) is 17.6 Å². The van der Waals surface area contributed by atoms with Gasteiger partial charge in [0.15, 0.2) is 0 Å². The molecule has 0 fully saturated rings. The molecule has 1 atom stereocenters. The van der Waals surface area contributed by atoms with Gasteiger partial charge in [-0.3, -0.25) is 0 Å². The fraction of sp³-hybridized carbons (Fsp3) is 0.353. The minimum atomic E-state index is -0.177. The highest BCUT2D eigenvalue weighted by atomic mass is 19.1. The monoisotopic (exact) mass is 285 g/mol. The number of aryl methyl sites for hydroxylation is 1. The van der Waals surface area contributed by atoms with Gasteiger partial charge in [-0.2, -0.15) is 5.26 Å². The van der Waals surface area contributed by atoms with Crippen molar-refractivity contribution in [1.29, 1.82) is 5.26 Å². The molecule has 2 aromatic rings. The second-order valence-corrected chi connectivity index (χ2v) is 5.42. The van der Waals surface area contributed by atoms with Crippen LogP contribution in [0.15, 0.2) is 24.3 Å². The van der Waals surface area contributed by atoms with E-state index < -0.39 is 0 Å². The van der Waals surface area contributed by atoms with Crippen molar-refractivity contribution in [3.05, 3.63) is 58.2 Å². The lowest BCUT2D eigenvalue weighted by Crippen LogP contribution is -2.18. The number of aromatic nitrogens is 1. The van der Waals surface area contributed by atoms with E-state index in [1.807, 2.05) is 37.6 Å². The van der Waals surface area contributed by atoms with Crippen LogP contribution in [-0.4, -0.2) is 4.57 Å². The molecule has 0 spiro atoms. The zero-order chi connectivity index (χ0) is 15.6. The fourth-order valence-corrected chi connectivity index (χ4v) is 2.31. The number of hydrogen-bond donors (Lipinski definition) is 1. The summed E-state index contributed by atoms with van der Waals surface area (Å²) in [6.07, 6.45) is 0. The Hall–Kier alpha value is -2.12. The van der Waals surface area contributed by atoms with Gasteiger partial charge in [0.05, 0.1) is 0 Å². The van der Waals surface area contributed by atoms with Gasteiger partial charge >= 0.3 is 0 Å². The van der Waals surface area contributed by atoms with Crippen LogP contribution in [0.5, 0.6) is 0 Å². The molecule has 0 amide bonds. The van der Waals surface area contributed by atoms with Crippen LogP contribution in [0.4, 0.5) is 4.39 Å². The van der Waals surface area contributed by atoms with Gasteiger partial charge in [0.2, 0.25) is 0 Å². The van der Waals surface area contributed by atoms with Crippen molar-refractivity contribution in [2.24, 2.45) is 7.05 Å². The van der Waals surface area contributed by atoms with E-state index in [9.17, 15) is 4.39 Å². The molecule has 0 bridgehead atoms. The first kappa shape index (κ1) is 15.3. The van der Waals surface area contributed by atoms with E-state index in [1.165, 1.54) is 0 Å². The van der Waals surface area contributed by atoms with Gasteiger partial charge < -0.3 is 9.88 Å². The summed E-state index contributed by atoms with van der Waals surface area (Å²) in [6, 6.07) is 9.43. The van der Waals surface area contributed by atoms with Crippen LogP contribution in [0.3, 0.4) is 0 Å². The van der Waals surface area contributed by atoms with Crippen LogP contribution in [0, 0.1) is 31.0 Å². The average molecular weight is 285 g/mol. The highest BCUT2D eigenvalue weighted by Crippen LogP contribution is 2.18. The van der Waals surface area contributed by atoms with Gasteiger partial charge in [0.25, 0.3) is 0 Å². The molecule has 0 saturated heterocycles. The fourth-order valence-electron chi connectivity index (χ4n) is 2.31. The van der Waals surface area contributed by atoms with Crippen LogP contribution < -0.4 is 5.32 Å². The van der Waals surface area contributed by atoms with Crippen molar-refractivity contribution in [3.63, 3.8) is 0 Å². The summed E-state index contributed by atoms with van der Waals surface area (Å²) in [4.78, 5) is 0. The lowest BCUT2D eigenvalue weighted by molar-refractivity contribution is 0.561. The van der Waals surface area contributed by atoms with Crippen LogP contribution in [0.25, 0.3) is 0 Å². The Kier molecular flexibility index (Phi) is 4.44. The summed E-state index contributed by atoms with van der Waals surface area (Å²) < 4.78 is 15.5. The molecular weight excluding hydrogens is 265 g/mol. The Bertz CT molecular complexity index is 695. The first-order valence-corrected chi connectivity index (χ1v) is 6.98. The summed E-state index contributed by atoms with van der Waals surface area (Å²) in [5.41, 5.74) is 4.39. The van der Waals surface area contributed by atoms with Crippen LogP contribution >= 0.6 is 0 Å². The van der Waals surface area contributed by atoms with Gasteiger partial charge in [0, 0.05) is 25.3 Å². The van der Waals surface area contributed by atoms with Crippen molar-refractivity contribution < 1.29 is 4.39 Å². The maximum atomic E-state index is 13.6. The number of benzene rings is 1. The molecule has 0 saturated carbocycles. The van der Waals surface area contributed by atoms with E-state index in [-0.39, 0.29) is 11.9 Å². The molecule has 1 aromatic carbocycles. The predicted octanol–water partition coefficient (Wildman–Crippen LogP) is 3.50. The van der Waals surface area contributed by atoms with Crippen molar-refractivity contribution >= 4 is 0 Å². The van der Waals surface area contributed by atoms with E-state index in [0.717, 1.165) is 16.8 Å². The highest BCUT2D eigenvalue weighted by molar-refractivity contribution is 5.34. The molecular formula is C17H20FN3. The largest absolute Gasteiger partial charge is 0.340 e. The third-order valence-electron chi connectivity index (χ3n) is 4.05. The van der Waals surface area contributed by atoms with Crippen LogP contribution in [-0.2, 0) is 13.6 Å². The van der Waals surface area contributed by atoms with Gasteiger partial charge in [-0.1, -0.05) is 12.1 Å². The maximum Gasteiger partial charge on any atom is 0.126 e. The molecule has 1 N–H and O–H groups in total. The summed E-state index contributed by atoms with van der Waals surface area (Å²) in [5.74, 6) is -0.177. The first-order chi connectivity index (χ1) is 9.93. The third-order valence-corrected chi connectivity index (χ3v) is 4.05. The summed E-state index contributed by atoms with van der Waals surface area (Å²) >= 11 is 0. The molecule has 110 valence electrons. The minimum absolute atomic E-state index is 0.0465. The SMILES string of the molecule is Cc1ccc(C(C)NCc2cc(C#N)n(C)c2C)cc1F. The standard InChI is InChI=1S/C17H20FN3/c1-11-5-6-14(8-17(11)18)12(2)20-10-15-7-16(9-19)21(4)13(15)3/h5-8,12,20H,10H2,1-4H3. The quantitative estimate of drug-likeness (QED) is 0.934. The van der Waals surface area contributed by atoms with Crippen LogP contribution in [0.2, 0.25) is 0 Å². The highest BCUT2D eigenvalue weighted by Gasteiger charge is 2.11.